The smallest absolute Gasteiger partial charge is 0.335 e. The Hall–Kier alpha value is -2.83. The van der Waals surface area contributed by atoms with Crippen molar-refractivity contribution in [3.05, 3.63) is 40.7 Å². The molecular weight excluding hydrogens is 320 g/mol. The molecule has 0 bridgehead atoms. The van der Waals surface area contributed by atoms with E-state index < -0.39 is 5.97 Å². The van der Waals surface area contributed by atoms with Crippen LogP contribution in [0.25, 0.3) is 0 Å². The molecule has 1 aromatic carbocycles. The van der Waals surface area contributed by atoms with Crippen LogP contribution in [0.4, 0.5) is 5.69 Å². The molecule has 2 heterocycles. The van der Waals surface area contributed by atoms with E-state index in [1.807, 2.05) is 18.7 Å². The van der Waals surface area contributed by atoms with Crippen molar-refractivity contribution in [2.75, 3.05) is 11.9 Å². The maximum absolute atomic E-state index is 11.3. The monoisotopic (exact) mass is 342 g/mol. The molecule has 1 aliphatic rings. The molecule has 2 N–H and O–H groups in total. The third-order valence-corrected chi connectivity index (χ3v) is 4.14. The Balaban J connectivity index is 2.02. The molecule has 1 aromatic heterocycles. The van der Waals surface area contributed by atoms with Gasteiger partial charge in [0.2, 0.25) is 0 Å². The van der Waals surface area contributed by atoms with Gasteiger partial charge >= 0.3 is 5.97 Å². The van der Waals surface area contributed by atoms with Gasteiger partial charge in [-0.25, -0.2) is 4.79 Å². The molecule has 0 saturated heterocycles. The Bertz CT molecular complexity index is 839. The van der Waals surface area contributed by atoms with E-state index in [9.17, 15) is 9.90 Å². The van der Waals surface area contributed by atoms with Gasteiger partial charge in [0.15, 0.2) is 0 Å². The fraction of sp³-hybridized carbons (Fsp3) is 0.389. The number of amidine groups is 1. The van der Waals surface area contributed by atoms with E-state index in [-0.39, 0.29) is 5.56 Å². The van der Waals surface area contributed by atoms with Crippen LogP contribution < -0.4 is 10.1 Å². The Labute approximate surface area is 146 Å². The summed E-state index contributed by atoms with van der Waals surface area (Å²) in [7, 11) is 1.91. The number of carboxylic acids is 1. The second-order valence-corrected chi connectivity index (χ2v) is 5.88. The fourth-order valence-electron chi connectivity index (χ4n) is 2.95. The molecule has 7 heteroatoms. The van der Waals surface area contributed by atoms with Crippen LogP contribution >= 0.6 is 0 Å². The Kier molecular flexibility index (Phi) is 4.74. The number of aromatic carboxylic acids is 1. The summed E-state index contributed by atoms with van der Waals surface area (Å²) in [6.07, 6.45) is 1.87. The minimum absolute atomic E-state index is 0.203. The van der Waals surface area contributed by atoms with E-state index in [1.54, 1.807) is 12.1 Å². The largest absolute Gasteiger partial charge is 0.493 e. The lowest BCUT2D eigenvalue weighted by Gasteiger charge is -2.19. The molecule has 0 amide bonds. The molecule has 0 aliphatic carbocycles. The van der Waals surface area contributed by atoms with Crippen LogP contribution in [0.1, 0.15) is 47.6 Å². The maximum atomic E-state index is 11.3. The molecule has 3 rings (SSSR count). The number of rotatable bonds is 6. The van der Waals surface area contributed by atoms with E-state index in [1.165, 1.54) is 6.07 Å². The number of carbonyl (C=O) groups is 1. The van der Waals surface area contributed by atoms with Crippen molar-refractivity contribution in [2.45, 2.75) is 33.2 Å². The van der Waals surface area contributed by atoms with Crippen molar-refractivity contribution in [3.8, 4) is 5.75 Å². The van der Waals surface area contributed by atoms with E-state index in [2.05, 4.69) is 22.3 Å². The number of nitrogens with one attached hydrogen (secondary N) is 1. The first-order chi connectivity index (χ1) is 12.0. The first-order valence-electron chi connectivity index (χ1n) is 8.41. The fourth-order valence-corrected chi connectivity index (χ4v) is 2.95. The van der Waals surface area contributed by atoms with Crippen LogP contribution in [0.5, 0.6) is 5.75 Å². The molecule has 25 heavy (non-hydrogen) atoms. The maximum Gasteiger partial charge on any atom is 0.335 e. The van der Waals surface area contributed by atoms with Gasteiger partial charge in [-0.3, -0.25) is 9.67 Å². The van der Waals surface area contributed by atoms with E-state index in [4.69, 9.17) is 4.74 Å². The molecule has 7 nitrogen and oxygen atoms in total. The van der Waals surface area contributed by atoms with Crippen LogP contribution in [-0.4, -0.2) is 33.3 Å². The molecule has 0 fully saturated rings. The predicted molar refractivity (Wildman–Crippen MR) is 95.6 cm³/mol. The van der Waals surface area contributed by atoms with Gasteiger partial charge in [0.05, 0.1) is 41.4 Å². The zero-order chi connectivity index (χ0) is 18.0. The Morgan fingerprint density at radius 3 is 2.88 bits per heavy atom. The molecular formula is C18H22N4O3. The second-order valence-electron chi connectivity index (χ2n) is 5.88. The summed E-state index contributed by atoms with van der Waals surface area (Å²) in [4.78, 5) is 15.9. The summed E-state index contributed by atoms with van der Waals surface area (Å²) >= 11 is 0. The van der Waals surface area contributed by atoms with Gasteiger partial charge in [-0.1, -0.05) is 13.3 Å². The van der Waals surface area contributed by atoms with Crippen molar-refractivity contribution in [3.63, 3.8) is 0 Å². The molecule has 0 atom stereocenters. The van der Waals surface area contributed by atoms with Crippen molar-refractivity contribution in [1.82, 2.24) is 9.78 Å². The summed E-state index contributed by atoms with van der Waals surface area (Å²) in [5.41, 5.74) is 3.85. The molecule has 0 spiro atoms. The first kappa shape index (κ1) is 17.0. The van der Waals surface area contributed by atoms with Crippen molar-refractivity contribution in [1.29, 1.82) is 0 Å². The summed E-state index contributed by atoms with van der Waals surface area (Å²) in [5.74, 6) is 0.252. The van der Waals surface area contributed by atoms with Gasteiger partial charge in [0.25, 0.3) is 0 Å². The number of hydrogen-bond donors (Lipinski definition) is 2. The van der Waals surface area contributed by atoms with Crippen LogP contribution in [0.2, 0.25) is 0 Å². The quantitative estimate of drug-likeness (QED) is 0.843. The number of aliphatic imine (C=N–C) groups is 1. The van der Waals surface area contributed by atoms with Gasteiger partial charge in [0.1, 0.15) is 11.6 Å². The zero-order valence-corrected chi connectivity index (χ0v) is 14.7. The highest BCUT2D eigenvalue weighted by molar-refractivity contribution is 6.12. The topological polar surface area (TPSA) is 88.7 Å². The highest BCUT2D eigenvalue weighted by Gasteiger charge is 2.23. The SMILES string of the molecule is CCCc1nn(C)c2c1NC(c1cc(C(=O)O)ccc1OCC)=NC2. The molecule has 2 aromatic rings. The molecule has 0 radical (unpaired) electrons. The minimum atomic E-state index is -0.977. The number of aromatic nitrogens is 2. The van der Waals surface area contributed by atoms with Crippen LogP contribution in [0, 0.1) is 0 Å². The van der Waals surface area contributed by atoms with Gasteiger partial charge in [-0.2, -0.15) is 5.10 Å². The lowest BCUT2D eigenvalue weighted by atomic mass is 10.1. The number of benzene rings is 1. The average Bonchev–Trinajstić information content (AvgIpc) is 2.91. The third kappa shape index (κ3) is 3.22. The summed E-state index contributed by atoms with van der Waals surface area (Å²) in [5, 5.41) is 17.2. The van der Waals surface area contributed by atoms with Gasteiger partial charge in [0, 0.05) is 7.05 Å². The number of fused-ring (bicyclic) bond motifs is 1. The van der Waals surface area contributed by atoms with Crippen LogP contribution in [-0.2, 0) is 20.0 Å². The summed E-state index contributed by atoms with van der Waals surface area (Å²) in [6.45, 7) is 4.99. The van der Waals surface area contributed by atoms with Crippen molar-refractivity contribution in [2.24, 2.45) is 12.0 Å². The molecule has 132 valence electrons. The highest BCUT2D eigenvalue weighted by atomic mass is 16.5. The van der Waals surface area contributed by atoms with E-state index in [0.29, 0.717) is 30.3 Å². The van der Waals surface area contributed by atoms with Gasteiger partial charge in [-0.15, -0.1) is 0 Å². The zero-order valence-electron chi connectivity index (χ0n) is 14.7. The van der Waals surface area contributed by atoms with Gasteiger partial charge in [-0.05, 0) is 31.5 Å². The summed E-state index contributed by atoms with van der Waals surface area (Å²) in [6, 6.07) is 4.82. The highest BCUT2D eigenvalue weighted by Crippen LogP contribution is 2.30. The van der Waals surface area contributed by atoms with E-state index >= 15 is 0 Å². The number of nitrogens with zero attached hydrogens (tertiary/aromatic N) is 3. The molecule has 0 unspecified atom stereocenters. The number of carboxylic acid groups (broad SMARTS) is 1. The Morgan fingerprint density at radius 1 is 1.40 bits per heavy atom. The number of ether oxygens (including phenoxy) is 1. The lowest BCUT2D eigenvalue weighted by Crippen LogP contribution is -2.21. The lowest BCUT2D eigenvalue weighted by molar-refractivity contribution is 0.0697. The third-order valence-electron chi connectivity index (χ3n) is 4.14. The normalized spacial score (nSPS) is 13.0. The van der Waals surface area contributed by atoms with Gasteiger partial charge < -0.3 is 15.2 Å². The average molecular weight is 342 g/mol. The molecule has 1 aliphatic heterocycles. The number of hydrogen-bond acceptors (Lipinski definition) is 5. The van der Waals surface area contributed by atoms with E-state index in [0.717, 1.165) is 29.9 Å². The number of anilines is 1. The minimum Gasteiger partial charge on any atom is -0.493 e. The first-order valence-corrected chi connectivity index (χ1v) is 8.41. The Morgan fingerprint density at radius 2 is 2.20 bits per heavy atom. The van der Waals surface area contributed by atoms with Crippen LogP contribution in [0.15, 0.2) is 23.2 Å². The standard InChI is InChI=1S/C18H22N4O3/c1-4-6-13-16-14(22(3)21-13)10-19-17(20-16)12-9-11(18(23)24)7-8-15(12)25-5-2/h7-9H,4-6,10H2,1-3H3,(H,19,20)(H,23,24). The van der Waals surface area contributed by atoms with Crippen molar-refractivity contribution >= 4 is 17.5 Å². The molecule has 0 saturated carbocycles. The number of aryl methyl sites for hydroxylation is 2. The summed E-state index contributed by atoms with van der Waals surface area (Å²) < 4.78 is 7.51. The van der Waals surface area contributed by atoms with Crippen LogP contribution in [0.3, 0.4) is 0 Å². The predicted octanol–water partition coefficient (Wildman–Crippen LogP) is 2.84. The second kappa shape index (κ2) is 6.96. The van der Waals surface area contributed by atoms with Crippen molar-refractivity contribution < 1.29 is 14.6 Å².